The molecule has 108 valence electrons. The van der Waals surface area contributed by atoms with E-state index < -0.39 is 6.10 Å². The summed E-state index contributed by atoms with van der Waals surface area (Å²) < 4.78 is 15.8. The van der Waals surface area contributed by atoms with E-state index in [0.29, 0.717) is 34.1 Å². The topological polar surface area (TPSA) is 51.8 Å². The summed E-state index contributed by atoms with van der Waals surface area (Å²) in [6.07, 6.45) is 1.40. The molecule has 0 spiro atoms. The maximum atomic E-state index is 10.5. The van der Waals surface area contributed by atoms with Gasteiger partial charge in [0, 0.05) is 23.6 Å². The van der Waals surface area contributed by atoms with Crippen LogP contribution in [-0.4, -0.2) is 19.3 Å². The van der Waals surface area contributed by atoms with Crippen molar-refractivity contribution in [1.29, 1.82) is 0 Å². The van der Waals surface area contributed by atoms with Crippen molar-refractivity contribution in [3.8, 4) is 11.5 Å². The number of ether oxygens (including phenoxy) is 2. The molecule has 5 heteroatoms. The van der Waals surface area contributed by atoms with E-state index in [1.165, 1.54) is 14.2 Å². The van der Waals surface area contributed by atoms with Crippen molar-refractivity contribution < 1.29 is 19.0 Å². The Labute approximate surface area is 122 Å². The lowest BCUT2D eigenvalue weighted by atomic mass is 10.0. The smallest absolute Gasteiger partial charge is 0.162 e. The van der Waals surface area contributed by atoms with E-state index in [4.69, 9.17) is 25.5 Å². The Morgan fingerprint density at radius 3 is 2.45 bits per heavy atom. The molecule has 0 aliphatic rings. The van der Waals surface area contributed by atoms with E-state index in [9.17, 15) is 5.11 Å². The molecule has 1 aromatic heterocycles. The number of aryl methyl sites for hydroxylation is 1. The van der Waals surface area contributed by atoms with Gasteiger partial charge in [0.05, 0.1) is 25.5 Å². The molecule has 1 atom stereocenters. The van der Waals surface area contributed by atoms with Crippen LogP contribution < -0.4 is 9.47 Å². The number of rotatable bonds is 5. The molecule has 0 bridgehead atoms. The Morgan fingerprint density at radius 2 is 1.85 bits per heavy atom. The first-order valence-electron chi connectivity index (χ1n) is 6.28. The number of hydrogen-bond acceptors (Lipinski definition) is 4. The zero-order chi connectivity index (χ0) is 14.7. The van der Waals surface area contributed by atoms with Gasteiger partial charge in [-0.2, -0.15) is 0 Å². The van der Waals surface area contributed by atoms with Gasteiger partial charge in [0.25, 0.3) is 0 Å². The van der Waals surface area contributed by atoms with Crippen molar-refractivity contribution in [1.82, 2.24) is 0 Å². The average Bonchev–Trinajstić information content (AvgIpc) is 2.94. The van der Waals surface area contributed by atoms with Gasteiger partial charge in [-0.15, -0.1) is 0 Å². The van der Waals surface area contributed by atoms with Crippen LogP contribution in [0, 0.1) is 0 Å². The van der Waals surface area contributed by atoms with E-state index in [0.717, 1.165) is 5.76 Å². The predicted molar refractivity (Wildman–Crippen MR) is 76.7 cm³/mol. The van der Waals surface area contributed by atoms with Gasteiger partial charge in [0.2, 0.25) is 0 Å². The molecule has 20 heavy (non-hydrogen) atoms. The monoisotopic (exact) mass is 296 g/mol. The van der Waals surface area contributed by atoms with Crippen LogP contribution in [0.25, 0.3) is 0 Å². The molecule has 1 unspecified atom stereocenters. The van der Waals surface area contributed by atoms with E-state index in [1.807, 2.05) is 6.92 Å². The van der Waals surface area contributed by atoms with Gasteiger partial charge in [-0.25, -0.2) is 0 Å². The zero-order valence-electron chi connectivity index (χ0n) is 11.6. The minimum absolute atomic E-state index is 0.415. The Hall–Kier alpha value is -1.65. The van der Waals surface area contributed by atoms with Gasteiger partial charge < -0.3 is 19.0 Å². The molecule has 1 N–H and O–H groups in total. The van der Waals surface area contributed by atoms with Crippen LogP contribution in [0.3, 0.4) is 0 Å². The molecule has 0 aliphatic carbocycles. The summed E-state index contributed by atoms with van der Waals surface area (Å²) in [7, 11) is 3.08. The van der Waals surface area contributed by atoms with Gasteiger partial charge in [0.15, 0.2) is 11.5 Å². The lowest BCUT2D eigenvalue weighted by Gasteiger charge is -2.16. The van der Waals surface area contributed by atoms with Crippen LogP contribution in [0.15, 0.2) is 28.9 Å². The van der Waals surface area contributed by atoms with Crippen LogP contribution in [0.5, 0.6) is 11.5 Å². The standard InChI is InChI=1S/C15H17ClO4/c1-4-12-9(5-6-20-12)15(17)10-7-13(18-2)14(19-3)8-11(10)16/h5-8,15,17H,4H2,1-3H3. The van der Waals surface area contributed by atoms with Crippen LogP contribution in [-0.2, 0) is 6.42 Å². The summed E-state index contributed by atoms with van der Waals surface area (Å²) in [4.78, 5) is 0. The molecule has 0 aliphatic heterocycles. The molecular weight excluding hydrogens is 280 g/mol. The number of aliphatic hydroxyl groups excluding tert-OH is 1. The predicted octanol–water partition coefficient (Wildman–Crippen LogP) is 3.59. The highest BCUT2D eigenvalue weighted by atomic mass is 35.5. The molecule has 4 nitrogen and oxygen atoms in total. The van der Waals surface area contributed by atoms with Crippen molar-refractivity contribution in [3.63, 3.8) is 0 Å². The summed E-state index contributed by atoms with van der Waals surface area (Å²) in [6.45, 7) is 1.96. The number of aliphatic hydroxyl groups is 1. The van der Waals surface area contributed by atoms with Gasteiger partial charge in [-0.05, 0) is 12.1 Å². The van der Waals surface area contributed by atoms with E-state index in [-0.39, 0.29) is 0 Å². The third kappa shape index (κ3) is 2.62. The minimum Gasteiger partial charge on any atom is -0.493 e. The van der Waals surface area contributed by atoms with Crippen molar-refractivity contribution in [2.45, 2.75) is 19.4 Å². The molecule has 0 radical (unpaired) electrons. The van der Waals surface area contributed by atoms with E-state index >= 15 is 0 Å². The first-order chi connectivity index (χ1) is 9.62. The Kier molecular flexibility index (Phi) is 4.57. The van der Waals surface area contributed by atoms with Gasteiger partial charge >= 0.3 is 0 Å². The van der Waals surface area contributed by atoms with Gasteiger partial charge in [-0.1, -0.05) is 18.5 Å². The zero-order valence-corrected chi connectivity index (χ0v) is 12.4. The third-order valence-electron chi connectivity index (χ3n) is 3.19. The molecule has 0 saturated carbocycles. The van der Waals surface area contributed by atoms with E-state index in [2.05, 4.69) is 0 Å². The molecule has 0 fully saturated rings. The third-order valence-corrected chi connectivity index (χ3v) is 3.52. The van der Waals surface area contributed by atoms with Crippen LogP contribution >= 0.6 is 11.6 Å². The second kappa shape index (κ2) is 6.20. The second-order valence-electron chi connectivity index (χ2n) is 4.28. The first kappa shape index (κ1) is 14.8. The van der Waals surface area contributed by atoms with E-state index in [1.54, 1.807) is 24.5 Å². The minimum atomic E-state index is -0.865. The lowest BCUT2D eigenvalue weighted by Crippen LogP contribution is -2.03. The maximum absolute atomic E-state index is 10.5. The fourth-order valence-corrected chi connectivity index (χ4v) is 2.39. The molecule has 0 amide bonds. The SMILES string of the molecule is CCc1occc1C(O)c1cc(OC)c(OC)cc1Cl. The Morgan fingerprint density at radius 1 is 1.20 bits per heavy atom. The quantitative estimate of drug-likeness (QED) is 0.916. The average molecular weight is 297 g/mol. The Bertz CT molecular complexity index is 592. The molecule has 1 aromatic carbocycles. The lowest BCUT2D eigenvalue weighted by molar-refractivity contribution is 0.216. The number of methoxy groups -OCH3 is 2. The molecule has 2 aromatic rings. The van der Waals surface area contributed by atoms with Crippen LogP contribution in [0.2, 0.25) is 5.02 Å². The summed E-state index contributed by atoms with van der Waals surface area (Å²) in [6, 6.07) is 5.06. The molecule has 2 rings (SSSR count). The first-order valence-corrected chi connectivity index (χ1v) is 6.65. The molecule has 1 heterocycles. The maximum Gasteiger partial charge on any atom is 0.162 e. The van der Waals surface area contributed by atoms with Crippen molar-refractivity contribution in [3.05, 3.63) is 46.4 Å². The normalized spacial score (nSPS) is 12.2. The second-order valence-corrected chi connectivity index (χ2v) is 4.69. The summed E-state index contributed by atoms with van der Waals surface area (Å²) in [5, 5.41) is 10.9. The van der Waals surface area contributed by atoms with Gasteiger partial charge in [0.1, 0.15) is 11.9 Å². The Balaban J connectivity index is 2.46. The van der Waals surface area contributed by atoms with Crippen molar-refractivity contribution >= 4 is 11.6 Å². The highest BCUT2D eigenvalue weighted by molar-refractivity contribution is 6.31. The number of halogens is 1. The summed E-state index contributed by atoms with van der Waals surface area (Å²) in [5.41, 5.74) is 1.27. The molecular formula is C15H17ClO4. The number of furan rings is 1. The number of hydrogen-bond donors (Lipinski definition) is 1. The molecule has 0 saturated heterocycles. The largest absolute Gasteiger partial charge is 0.493 e. The summed E-state index contributed by atoms with van der Waals surface area (Å²) in [5.74, 6) is 1.78. The highest BCUT2D eigenvalue weighted by Crippen LogP contribution is 2.38. The highest BCUT2D eigenvalue weighted by Gasteiger charge is 2.21. The van der Waals surface area contributed by atoms with Gasteiger partial charge in [-0.3, -0.25) is 0 Å². The van der Waals surface area contributed by atoms with Crippen molar-refractivity contribution in [2.75, 3.05) is 14.2 Å². The number of benzene rings is 1. The fraction of sp³-hybridized carbons (Fsp3) is 0.333. The van der Waals surface area contributed by atoms with Crippen LogP contribution in [0.4, 0.5) is 0 Å². The van der Waals surface area contributed by atoms with Crippen molar-refractivity contribution in [2.24, 2.45) is 0 Å². The fourth-order valence-electron chi connectivity index (χ4n) is 2.13. The summed E-state index contributed by atoms with van der Waals surface area (Å²) >= 11 is 6.22. The van der Waals surface area contributed by atoms with Crippen LogP contribution in [0.1, 0.15) is 29.9 Å².